The molecule has 1 aromatic carbocycles. The van der Waals surface area contributed by atoms with Crippen LogP contribution in [0, 0.1) is 5.41 Å². The average Bonchev–Trinajstić information content (AvgIpc) is 2.73. The van der Waals surface area contributed by atoms with Crippen molar-refractivity contribution in [2.45, 2.75) is 31.5 Å². The van der Waals surface area contributed by atoms with E-state index in [4.69, 9.17) is 16.3 Å². The molecule has 1 saturated carbocycles. The standard InChI is InChI=1S/C14H13ClF3NO2S/c1-21-7-5-8(10-9(6-7)22-12(15)19-10)11(20)13(3-2-4-13)14(16,17)18/h5-6,11,20H,2-4H2,1H3. The van der Waals surface area contributed by atoms with Crippen molar-refractivity contribution < 1.29 is 23.0 Å². The van der Waals surface area contributed by atoms with E-state index in [-0.39, 0.29) is 22.9 Å². The van der Waals surface area contributed by atoms with Crippen LogP contribution in [0.3, 0.4) is 0 Å². The van der Waals surface area contributed by atoms with Gasteiger partial charge in [0.25, 0.3) is 0 Å². The van der Waals surface area contributed by atoms with Gasteiger partial charge < -0.3 is 9.84 Å². The van der Waals surface area contributed by atoms with Gasteiger partial charge in [0.05, 0.1) is 28.8 Å². The number of methoxy groups -OCH3 is 1. The molecule has 0 amide bonds. The van der Waals surface area contributed by atoms with Crippen molar-refractivity contribution in [1.82, 2.24) is 4.98 Å². The maximum absolute atomic E-state index is 13.4. The Morgan fingerprint density at radius 2 is 2.09 bits per heavy atom. The largest absolute Gasteiger partial charge is 0.497 e. The fourth-order valence-electron chi connectivity index (χ4n) is 2.90. The smallest absolute Gasteiger partial charge is 0.397 e. The van der Waals surface area contributed by atoms with Crippen molar-refractivity contribution in [1.29, 1.82) is 0 Å². The number of thiazole rings is 1. The third-order valence-corrected chi connectivity index (χ3v) is 5.44. The molecule has 1 aromatic heterocycles. The summed E-state index contributed by atoms with van der Waals surface area (Å²) in [5, 5.41) is 10.5. The Balaban J connectivity index is 2.16. The number of fused-ring (bicyclic) bond motifs is 1. The van der Waals surface area contributed by atoms with Gasteiger partial charge in [-0.25, -0.2) is 4.98 Å². The molecule has 0 spiro atoms. The van der Waals surface area contributed by atoms with Gasteiger partial charge in [-0.05, 0) is 25.0 Å². The summed E-state index contributed by atoms with van der Waals surface area (Å²) in [6, 6.07) is 3.06. The molecule has 0 bridgehead atoms. The monoisotopic (exact) mass is 351 g/mol. The summed E-state index contributed by atoms with van der Waals surface area (Å²) in [6.45, 7) is 0. The minimum Gasteiger partial charge on any atom is -0.497 e. The number of rotatable bonds is 3. The van der Waals surface area contributed by atoms with Crippen molar-refractivity contribution in [2.75, 3.05) is 7.11 Å². The first-order valence-corrected chi connectivity index (χ1v) is 7.87. The maximum Gasteiger partial charge on any atom is 0.397 e. The van der Waals surface area contributed by atoms with E-state index in [1.165, 1.54) is 13.2 Å². The summed E-state index contributed by atoms with van der Waals surface area (Å²) >= 11 is 7.01. The van der Waals surface area contributed by atoms with Gasteiger partial charge >= 0.3 is 6.18 Å². The van der Waals surface area contributed by atoms with E-state index in [2.05, 4.69) is 4.98 Å². The van der Waals surface area contributed by atoms with Crippen molar-refractivity contribution in [3.05, 3.63) is 22.2 Å². The molecule has 1 N–H and O–H groups in total. The molecule has 1 heterocycles. The molecular weight excluding hydrogens is 339 g/mol. The lowest BCUT2D eigenvalue weighted by atomic mass is 9.63. The summed E-state index contributed by atoms with van der Waals surface area (Å²) < 4.78 is 46.3. The molecule has 1 atom stereocenters. The summed E-state index contributed by atoms with van der Waals surface area (Å²) in [4.78, 5) is 4.06. The van der Waals surface area contributed by atoms with Gasteiger partial charge in [-0.3, -0.25) is 0 Å². The maximum atomic E-state index is 13.4. The lowest BCUT2D eigenvalue weighted by molar-refractivity contribution is -0.284. The first-order chi connectivity index (χ1) is 10.3. The number of hydrogen-bond donors (Lipinski definition) is 1. The zero-order valence-electron chi connectivity index (χ0n) is 11.6. The molecule has 1 unspecified atom stereocenters. The predicted octanol–water partition coefficient (Wildman–Crippen LogP) is 4.72. The Morgan fingerprint density at radius 3 is 2.59 bits per heavy atom. The van der Waals surface area contributed by atoms with Crippen LogP contribution in [-0.4, -0.2) is 23.4 Å². The fraction of sp³-hybridized carbons (Fsp3) is 0.500. The summed E-state index contributed by atoms with van der Waals surface area (Å²) in [6.07, 6.45) is -5.89. The van der Waals surface area contributed by atoms with E-state index >= 15 is 0 Å². The molecule has 0 radical (unpaired) electrons. The Morgan fingerprint density at radius 1 is 1.41 bits per heavy atom. The molecule has 3 rings (SSSR count). The quantitative estimate of drug-likeness (QED) is 0.869. The molecule has 1 aliphatic rings. The van der Waals surface area contributed by atoms with Crippen molar-refractivity contribution >= 4 is 33.2 Å². The third kappa shape index (κ3) is 2.26. The number of aliphatic hydroxyl groups excluding tert-OH is 1. The van der Waals surface area contributed by atoms with Gasteiger partial charge in [0.1, 0.15) is 5.75 Å². The minimum absolute atomic E-state index is 0.0890. The molecule has 120 valence electrons. The van der Waals surface area contributed by atoms with Gasteiger partial charge in [-0.15, -0.1) is 11.3 Å². The van der Waals surface area contributed by atoms with Gasteiger partial charge in [-0.2, -0.15) is 13.2 Å². The highest BCUT2D eigenvalue weighted by molar-refractivity contribution is 7.22. The first-order valence-electron chi connectivity index (χ1n) is 6.67. The minimum atomic E-state index is -4.47. The van der Waals surface area contributed by atoms with Gasteiger partial charge in [0.15, 0.2) is 4.47 Å². The van der Waals surface area contributed by atoms with Crippen LogP contribution < -0.4 is 4.74 Å². The summed E-state index contributed by atoms with van der Waals surface area (Å²) in [5.41, 5.74) is -1.68. The lowest BCUT2D eigenvalue weighted by Crippen LogP contribution is -2.48. The van der Waals surface area contributed by atoms with E-state index in [0.29, 0.717) is 22.4 Å². The highest BCUT2D eigenvalue weighted by Gasteiger charge is 2.62. The van der Waals surface area contributed by atoms with Crippen LogP contribution in [0.1, 0.15) is 30.9 Å². The van der Waals surface area contributed by atoms with Crippen LogP contribution in [0.2, 0.25) is 4.47 Å². The average molecular weight is 352 g/mol. The van der Waals surface area contributed by atoms with Crippen molar-refractivity contribution in [3.63, 3.8) is 0 Å². The number of halogens is 4. The zero-order valence-corrected chi connectivity index (χ0v) is 13.1. The highest BCUT2D eigenvalue weighted by atomic mass is 35.5. The molecule has 1 fully saturated rings. The molecule has 2 aromatic rings. The second-order valence-electron chi connectivity index (χ2n) is 5.44. The van der Waals surface area contributed by atoms with Crippen molar-refractivity contribution in [3.8, 4) is 5.75 Å². The van der Waals surface area contributed by atoms with E-state index in [1.54, 1.807) is 6.07 Å². The number of ether oxygens (including phenoxy) is 1. The Bertz CT molecular complexity index is 712. The molecule has 3 nitrogen and oxygen atoms in total. The Labute approximate surface area is 133 Å². The molecule has 22 heavy (non-hydrogen) atoms. The van der Waals surface area contributed by atoms with Crippen LogP contribution in [0.5, 0.6) is 5.75 Å². The summed E-state index contributed by atoms with van der Waals surface area (Å²) in [5.74, 6) is 0.374. The molecule has 0 aliphatic heterocycles. The summed E-state index contributed by atoms with van der Waals surface area (Å²) in [7, 11) is 1.42. The van der Waals surface area contributed by atoms with Crippen LogP contribution in [0.25, 0.3) is 10.2 Å². The fourth-order valence-corrected chi connectivity index (χ4v) is 3.98. The van der Waals surface area contributed by atoms with Gasteiger partial charge in [-0.1, -0.05) is 18.0 Å². The van der Waals surface area contributed by atoms with E-state index in [9.17, 15) is 18.3 Å². The van der Waals surface area contributed by atoms with E-state index in [1.807, 2.05) is 0 Å². The highest BCUT2D eigenvalue weighted by Crippen LogP contribution is 2.60. The second-order valence-corrected chi connectivity index (χ2v) is 7.05. The number of aliphatic hydroxyl groups is 1. The molecule has 1 aliphatic carbocycles. The first kappa shape index (κ1) is 15.8. The number of nitrogens with zero attached hydrogens (tertiary/aromatic N) is 1. The third-order valence-electron chi connectivity index (χ3n) is 4.34. The molecule has 0 saturated heterocycles. The topological polar surface area (TPSA) is 42.4 Å². The van der Waals surface area contributed by atoms with Crippen LogP contribution in [0.4, 0.5) is 13.2 Å². The van der Waals surface area contributed by atoms with Gasteiger partial charge in [0, 0.05) is 5.56 Å². The predicted molar refractivity (Wildman–Crippen MR) is 78.5 cm³/mol. The zero-order chi connectivity index (χ0) is 16.1. The van der Waals surface area contributed by atoms with Crippen LogP contribution >= 0.6 is 22.9 Å². The van der Waals surface area contributed by atoms with Gasteiger partial charge in [0.2, 0.25) is 0 Å². The second kappa shape index (κ2) is 5.25. The van der Waals surface area contributed by atoms with Crippen LogP contribution in [-0.2, 0) is 0 Å². The lowest BCUT2D eigenvalue weighted by Gasteiger charge is -2.46. The SMILES string of the molecule is COc1cc(C(O)C2(C(F)(F)F)CCC2)c2nc(Cl)sc2c1. The normalized spacial score (nSPS) is 19.0. The number of aromatic nitrogens is 1. The van der Waals surface area contributed by atoms with E-state index < -0.39 is 17.7 Å². The number of alkyl halides is 3. The number of hydrogen-bond acceptors (Lipinski definition) is 4. The number of benzene rings is 1. The van der Waals surface area contributed by atoms with Crippen LogP contribution in [0.15, 0.2) is 12.1 Å². The Kier molecular flexibility index (Phi) is 3.78. The molecular formula is C14H13ClF3NO2S. The van der Waals surface area contributed by atoms with E-state index in [0.717, 1.165) is 11.3 Å². The Hall–Kier alpha value is -1.05. The van der Waals surface area contributed by atoms with Crippen molar-refractivity contribution in [2.24, 2.45) is 5.41 Å². The molecule has 8 heteroatoms.